The topological polar surface area (TPSA) is 0 Å². The Kier molecular flexibility index (Phi) is 3.19. The summed E-state index contributed by atoms with van der Waals surface area (Å²) in [5.74, 6) is 0. The molecule has 0 nitrogen and oxygen atoms in total. The van der Waals surface area contributed by atoms with Crippen molar-refractivity contribution in [3.8, 4) is 0 Å². The molecule has 0 aromatic heterocycles. The van der Waals surface area contributed by atoms with Crippen LogP contribution in [0.2, 0.25) is 0 Å². The Labute approximate surface area is 75.8 Å². The van der Waals surface area contributed by atoms with Gasteiger partial charge in [0.25, 0.3) is 0 Å². The predicted octanol–water partition coefficient (Wildman–Crippen LogP) is 3.60. The fourth-order valence-electron chi connectivity index (χ4n) is 0.981. The van der Waals surface area contributed by atoms with Gasteiger partial charge in [-0.2, -0.15) is 0 Å². The summed E-state index contributed by atoms with van der Waals surface area (Å²) in [7, 11) is 0. The van der Waals surface area contributed by atoms with Crippen LogP contribution >= 0.6 is 22.6 Å². The summed E-state index contributed by atoms with van der Waals surface area (Å²) in [5, 5.41) is 0. The maximum Gasteiger partial charge on any atom is -0.00188 e. The number of allylic oxidation sites excluding steroid dienone is 6. The molecule has 0 heterocycles. The fraction of sp³-hybridized carbons (Fsp3) is 0.333. The van der Waals surface area contributed by atoms with Crippen LogP contribution in [0.25, 0.3) is 0 Å². The maximum absolute atomic E-state index is 2.42. The minimum absolute atomic E-state index is 1.21. The van der Waals surface area contributed by atoms with E-state index < -0.39 is 0 Å². The zero-order chi connectivity index (χ0) is 7.40. The van der Waals surface area contributed by atoms with Crippen molar-refractivity contribution in [2.75, 3.05) is 0 Å². The summed E-state index contributed by atoms with van der Waals surface area (Å²) in [6.07, 6.45) is 11.1. The van der Waals surface area contributed by atoms with Crippen LogP contribution in [-0.2, 0) is 0 Å². The zero-order valence-electron chi connectivity index (χ0n) is 6.10. The zero-order valence-corrected chi connectivity index (χ0v) is 8.26. The van der Waals surface area contributed by atoms with Crippen LogP contribution in [0.15, 0.2) is 33.5 Å². The van der Waals surface area contributed by atoms with Gasteiger partial charge in [0.05, 0.1) is 0 Å². The molecule has 0 radical (unpaired) electrons. The summed E-state index contributed by atoms with van der Waals surface area (Å²) in [4.78, 5) is 0. The Morgan fingerprint density at radius 3 is 3.00 bits per heavy atom. The molecule has 0 fully saturated rings. The number of hydrogen-bond acceptors (Lipinski definition) is 0. The quantitative estimate of drug-likeness (QED) is 0.620. The van der Waals surface area contributed by atoms with Crippen LogP contribution in [0.1, 0.15) is 19.8 Å². The third kappa shape index (κ3) is 1.97. The first-order valence-electron chi connectivity index (χ1n) is 3.52. The largest absolute Gasteiger partial charge is 0.0870 e. The Morgan fingerprint density at radius 2 is 2.40 bits per heavy atom. The molecular weight excluding hydrogens is 235 g/mol. The summed E-state index contributed by atoms with van der Waals surface area (Å²) < 4.78 is 1.48. The highest BCUT2D eigenvalue weighted by Gasteiger charge is 2.00. The molecule has 0 aromatic rings. The first kappa shape index (κ1) is 8.05. The van der Waals surface area contributed by atoms with Gasteiger partial charge >= 0.3 is 0 Å². The average Bonchev–Trinajstić information content (AvgIpc) is 1.94. The Balaban J connectivity index is 2.79. The molecular formula is C9H11I. The van der Waals surface area contributed by atoms with Crippen molar-refractivity contribution >= 4 is 22.6 Å². The van der Waals surface area contributed by atoms with Gasteiger partial charge in [-0.05, 0) is 51.5 Å². The van der Waals surface area contributed by atoms with E-state index in [4.69, 9.17) is 0 Å². The lowest BCUT2D eigenvalue weighted by Gasteiger charge is -2.05. The Hall–Kier alpha value is -0.0500. The van der Waals surface area contributed by atoms with Crippen molar-refractivity contribution in [2.45, 2.75) is 19.8 Å². The van der Waals surface area contributed by atoms with Gasteiger partial charge in [-0.1, -0.05) is 24.3 Å². The molecule has 0 unspecified atom stereocenters. The normalized spacial score (nSPS) is 19.0. The van der Waals surface area contributed by atoms with E-state index in [2.05, 4.69) is 53.8 Å². The molecule has 0 bridgehead atoms. The van der Waals surface area contributed by atoms with E-state index in [1.807, 2.05) is 0 Å². The van der Waals surface area contributed by atoms with E-state index in [9.17, 15) is 0 Å². The van der Waals surface area contributed by atoms with E-state index in [0.29, 0.717) is 0 Å². The molecule has 1 heteroatoms. The van der Waals surface area contributed by atoms with Crippen LogP contribution in [0, 0.1) is 0 Å². The second-order valence-corrected chi connectivity index (χ2v) is 3.60. The summed E-state index contributed by atoms with van der Waals surface area (Å²) in [6.45, 7) is 2.05. The van der Waals surface area contributed by atoms with Crippen molar-refractivity contribution in [3.05, 3.63) is 33.5 Å². The van der Waals surface area contributed by atoms with Crippen molar-refractivity contribution < 1.29 is 0 Å². The van der Waals surface area contributed by atoms with Crippen molar-refractivity contribution in [1.82, 2.24) is 0 Å². The van der Waals surface area contributed by atoms with Crippen molar-refractivity contribution in [1.29, 1.82) is 0 Å². The fourth-order valence-corrected chi connectivity index (χ4v) is 1.65. The highest BCUT2D eigenvalue weighted by atomic mass is 127. The molecule has 0 spiro atoms. The van der Waals surface area contributed by atoms with Gasteiger partial charge in [0.2, 0.25) is 0 Å². The molecule has 0 atom stereocenters. The van der Waals surface area contributed by atoms with Gasteiger partial charge in [-0.25, -0.2) is 0 Å². The first-order chi connectivity index (χ1) is 4.84. The molecule has 0 aliphatic heterocycles. The van der Waals surface area contributed by atoms with Gasteiger partial charge < -0.3 is 0 Å². The van der Waals surface area contributed by atoms with E-state index in [1.165, 1.54) is 22.0 Å². The predicted molar refractivity (Wildman–Crippen MR) is 54.2 cm³/mol. The molecule has 1 aliphatic rings. The summed E-state index contributed by atoms with van der Waals surface area (Å²) in [6, 6.07) is 0. The maximum atomic E-state index is 2.42. The van der Waals surface area contributed by atoms with E-state index in [0.717, 1.165) is 0 Å². The molecule has 0 aromatic carbocycles. The van der Waals surface area contributed by atoms with Crippen LogP contribution in [0.3, 0.4) is 0 Å². The second-order valence-electron chi connectivity index (χ2n) is 2.30. The third-order valence-electron chi connectivity index (χ3n) is 1.49. The molecule has 10 heavy (non-hydrogen) atoms. The lowest BCUT2D eigenvalue weighted by Crippen LogP contribution is -1.84. The minimum atomic E-state index is 1.21. The van der Waals surface area contributed by atoms with Gasteiger partial charge in [-0.3, -0.25) is 0 Å². The van der Waals surface area contributed by atoms with Crippen LogP contribution < -0.4 is 0 Å². The van der Waals surface area contributed by atoms with E-state index in [-0.39, 0.29) is 0 Å². The lowest BCUT2D eigenvalue weighted by atomic mass is 10.1. The minimum Gasteiger partial charge on any atom is -0.0870 e. The number of hydrogen-bond donors (Lipinski definition) is 0. The van der Waals surface area contributed by atoms with Crippen LogP contribution in [0.5, 0.6) is 0 Å². The van der Waals surface area contributed by atoms with E-state index >= 15 is 0 Å². The average molecular weight is 246 g/mol. The molecule has 54 valence electrons. The number of halogens is 1. The monoisotopic (exact) mass is 246 g/mol. The van der Waals surface area contributed by atoms with E-state index in [1.54, 1.807) is 0 Å². The van der Waals surface area contributed by atoms with Crippen LogP contribution in [0.4, 0.5) is 0 Å². The Bertz CT molecular complexity index is 193. The van der Waals surface area contributed by atoms with Gasteiger partial charge in [-0.15, -0.1) is 0 Å². The SMILES string of the molecule is C/C=C\C1=C(I)CCC=C1. The highest BCUT2D eigenvalue weighted by Crippen LogP contribution is 2.24. The molecule has 0 N–H and O–H groups in total. The van der Waals surface area contributed by atoms with Gasteiger partial charge in [0, 0.05) is 0 Å². The first-order valence-corrected chi connectivity index (χ1v) is 4.60. The molecule has 1 aliphatic carbocycles. The smallest absolute Gasteiger partial charge is 0.00188 e. The summed E-state index contributed by atoms with van der Waals surface area (Å²) >= 11 is 2.42. The lowest BCUT2D eigenvalue weighted by molar-refractivity contribution is 1.02. The van der Waals surface area contributed by atoms with Crippen LogP contribution in [-0.4, -0.2) is 0 Å². The molecule has 1 rings (SSSR count). The third-order valence-corrected chi connectivity index (χ3v) is 2.65. The molecule has 0 amide bonds. The molecule has 0 saturated heterocycles. The van der Waals surface area contributed by atoms with Crippen molar-refractivity contribution in [3.63, 3.8) is 0 Å². The second kappa shape index (κ2) is 3.96. The van der Waals surface area contributed by atoms with Gasteiger partial charge in [0.15, 0.2) is 0 Å². The van der Waals surface area contributed by atoms with Gasteiger partial charge in [0.1, 0.15) is 0 Å². The number of rotatable bonds is 1. The molecule has 0 saturated carbocycles. The van der Waals surface area contributed by atoms with Crippen molar-refractivity contribution in [2.24, 2.45) is 0 Å². The standard InChI is InChI=1S/C9H11I/c1-2-5-8-6-3-4-7-9(8)10/h2-3,5-6H,4,7H2,1H3/b5-2-. The summed E-state index contributed by atoms with van der Waals surface area (Å²) in [5.41, 5.74) is 1.38. The highest BCUT2D eigenvalue weighted by molar-refractivity contribution is 14.1. The Morgan fingerprint density at radius 1 is 1.60 bits per heavy atom.